The van der Waals surface area contributed by atoms with Crippen LogP contribution in [0.25, 0.3) is 0 Å². The largest absolute Gasteiger partial charge is 0.389 e. The van der Waals surface area contributed by atoms with Gasteiger partial charge in [0.05, 0.1) is 6.10 Å². The van der Waals surface area contributed by atoms with Crippen LogP contribution >= 0.6 is 0 Å². The van der Waals surface area contributed by atoms with E-state index in [0.717, 1.165) is 19.3 Å². The Bertz CT molecular complexity index is 311. The van der Waals surface area contributed by atoms with E-state index in [2.05, 4.69) is 40.0 Å². The van der Waals surface area contributed by atoms with Gasteiger partial charge in [0, 0.05) is 0 Å². The average Bonchev–Trinajstić information content (AvgIpc) is 2.28. The third-order valence-corrected chi connectivity index (χ3v) is 4.42. The molecule has 1 rings (SSSR count). The number of allylic oxidation sites excluding steroid dienone is 3. The van der Waals surface area contributed by atoms with Gasteiger partial charge in [-0.05, 0) is 43.4 Å². The Balaban J connectivity index is 2.91. The monoisotopic (exact) mass is 234 g/mol. The smallest absolute Gasteiger partial charge is 0.0724 e. The molecule has 0 spiro atoms. The van der Waals surface area contributed by atoms with Crippen LogP contribution in [0.1, 0.15) is 40.0 Å². The zero-order valence-corrected chi connectivity index (χ0v) is 11.4. The van der Waals surface area contributed by atoms with Gasteiger partial charge >= 0.3 is 0 Å². The second kappa shape index (κ2) is 5.68. The summed E-state index contributed by atoms with van der Waals surface area (Å²) in [5, 5.41) is 9.81. The van der Waals surface area contributed by atoms with Gasteiger partial charge in [-0.3, -0.25) is 0 Å². The zero-order valence-electron chi connectivity index (χ0n) is 11.4. The Kier molecular flexibility index (Phi) is 4.76. The SMILES string of the molecule is C=CC[C@@H]1CC=C(C)[C@H](C[C@H](O)C=C)C1(C)C. The zero-order chi connectivity index (χ0) is 13.1. The van der Waals surface area contributed by atoms with Crippen molar-refractivity contribution >= 4 is 0 Å². The Morgan fingerprint density at radius 1 is 1.53 bits per heavy atom. The number of aliphatic hydroxyl groups is 1. The standard InChI is InChI=1S/C16H26O/c1-6-8-13-10-9-12(3)15(16(13,4)5)11-14(17)7-2/h6-7,9,13-15,17H,1-2,8,10-11H2,3-5H3/t13-,14-,15+/m1/s1. The average molecular weight is 234 g/mol. The maximum atomic E-state index is 9.81. The van der Waals surface area contributed by atoms with Crippen LogP contribution in [0.5, 0.6) is 0 Å². The Hall–Kier alpha value is -0.820. The highest BCUT2D eigenvalue weighted by molar-refractivity contribution is 5.15. The van der Waals surface area contributed by atoms with E-state index in [9.17, 15) is 5.11 Å². The fourth-order valence-corrected chi connectivity index (χ4v) is 3.07. The molecule has 17 heavy (non-hydrogen) atoms. The van der Waals surface area contributed by atoms with E-state index in [1.54, 1.807) is 6.08 Å². The highest BCUT2D eigenvalue weighted by atomic mass is 16.3. The molecule has 0 aromatic rings. The van der Waals surface area contributed by atoms with Crippen molar-refractivity contribution < 1.29 is 5.11 Å². The summed E-state index contributed by atoms with van der Waals surface area (Å²) in [4.78, 5) is 0. The quantitative estimate of drug-likeness (QED) is 0.710. The predicted octanol–water partition coefficient (Wildman–Crippen LogP) is 4.11. The molecular weight excluding hydrogens is 208 g/mol. The lowest BCUT2D eigenvalue weighted by atomic mass is 9.60. The molecular formula is C16H26O. The first-order chi connectivity index (χ1) is 7.93. The van der Waals surface area contributed by atoms with Gasteiger partial charge < -0.3 is 5.11 Å². The van der Waals surface area contributed by atoms with Crippen molar-refractivity contribution in [3.05, 3.63) is 37.0 Å². The second-order valence-electron chi connectivity index (χ2n) is 5.82. The van der Waals surface area contributed by atoms with E-state index < -0.39 is 6.10 Å². The first-order valence-electron chi connectivity index (χ1n) is 6.51. The minimum Gasteiger partial charge on any atom is -0.389 e. The normalized spacial score (nSPS) is 29.3. The Morgan fingerprint density at radius 2 is 2.18 bits per heavy atom. The summed E-state index contributed by atoms with van der Waals surface area (Å²) in [5.41, 5.74) is 1.63. The molecule has 0 aromatic heterocycles. The Morgan fingerprint density at radius 3 is 2.71 bits per heavy atom. The van der Waals surface area contributed by atoms with Gasteiger partial charge in [-0.25, -0.2) is 0 Å². The molecule has 1 nitrogen and oxygen atoms in total. The summed E-state index contributed by atoms with van der Waals surface area (Å²) in [6.45, 7) is 14.3. The number of aliphatic hydroxyl groups excluding tert-OH is 1. The van der Waals surface area contributed by atoms with E-state index in [1.165, 1.54) is 5.57 Å². The second-order valence-corrected chi connectivity index (χ2v) is 5.82. The number of hydrogen-bond donors (Lipinski definition) is 1. The molecule has 0 heterocycles. The van der Waals surface area contributed by atoms with Crippen LogP contribution in [-0.2, 0) is 0 Å². The fourth-order valence-electron chi connectivity index (χ4n) is 3.07. The van der Waals surface area contributed by atoms with Crippen LogP contribution < -0.4 is 0 Å². The molecule has 3 atom stereocenters. The minimum atomic E-state index is -0.398. The molecule has 0 unspecified atom stereocenters. The predicted molar refractivity (Wildman–Crippen MR) is 74.8 cm³/mol. The van der Waals surface area contributed by atoms with E-state index in [4.69, 9.17) is 0 Å². The van der Waals surface area contributed by atoms with Crippen molar-refractivity contribution in [2.45, 2.75) is 46.1 Å². The van der Waals surface area contributed by atoms with Gasteiger partial charge in [-0.15, -0.1) is 13.2 Å². The minimum absolute atomic E-state index is 0.219. The first-order valence-corrected chi connectivity index (χ1v) is 6.51. The molecule has 1 N–H and O–H groups in total. The summed E-state index contributed by atoms with van der Waals surface area (Å²) in [7, 11) is 0. The summed E-state index contributed by atoms with van der Waals surface area (Å²) < 4.78 is 0. The topological polar surface area (TPSA) is 20.2 Å². The van der Waals surface area contributed by atoms with Crippen molar-refractivity contribution in [3.63, 3.8) is 0 Å². The van der Waals surface area contributed by atoms with Crippen LogP contribution in [0.4, 0.5) is 0 Å². The third-order valence-electron chi connectivity index (χ3n) is 4.42. The molecule has 1 heteroatoms. The van der Waals surface area contributed by atoms with Crippen molar-refractivity contribution in [1.29, 1.82) is 0 Å². The van der Waals surface area contributed by atoms with Crippen LogP contribution in [-0.4, -0.2) is 11.2 Å². The van der Waals surface area contributed by atoms with E-state index in [0.29, 0.717) is 11.8 Å². The first kappa shape index (κ1) is 14.2. The summed E-state index contributed by atoms with van der Waals surface area (Å²) in [6.07, 6.45) is 8.56. The van der Waals surface area contributed by atoms with Crippen molar-refractivity contribution in [2.75, 3.05) is 0 Å². The van der Waals surface area contributed by atoms with Crippen LogP contribution in [0, 0.1) is 17.3 Å². The van der Waals surface area contributed by atoms with E-state index in [1.807, 2.05) is 6.08 Å². The maximum absolute atomic E-state index is 9.81. The van der Waals surface area contributed by atoms with Crippen LogP contribution in [0.3, 0.4) is 0 Å². The lowest BCUT2D eigenvalue weighted by Crippen LogP contribution is -2.37. The lowest BCUT2D eigenvalue weighted by molar-refractivity contribution is 0.0840. The maximum Gasteiger partial charge on any atom is 0.0724 e. The molecule has 0 aromatic carbocycles. The Labute approximate surface area is 106 Å². The molecule has 0 aliphatic heterocycles. The van der Waals surface area contributed by atoms with Crippen LogP contribution in [0.2, 0.25) is 0 Å². The fraction of sp³-hybridized carbons (Fsp3) is 0.625. The summed E-state index contributed by atoms with van der Waals surface area (Å²) >= 11 is 0. The van der Waals surface area contributed by atoms with Gasteiger partial charge in [-0.2, -0.15) is 0 Å². The molecule has 1 aliphatic rings. The van der Waals surface area contributed by atoms with Crippen molar-refractivity contribution in [2.24, 2.45) is 17.3 Å². The van der Waals surface area contributed by atoms with Gasteiger partial charge in [0.1, 0.15) is 0 Å². The van der Waals surface area contributed by atoms with Crippen molar-refractivity contribution in [1.82, 2.24) is 0 Å². The van der Waals surface area contributed by atoms with Gasteiger partial charge in [0.25, 0.3) is 0 Å². The van der Waals surface area contributed by atoms with Crippen molar-refractivity contribution in [3.8, 4) is 0 Å². The van der Waals surface area contributed by atoms with Crippen LogP contribution in [0.15, 0.2) is 37.0 Å². The van der Waals surface area contributed by atoms with Gasteiger partial charge in [0.15, 0.2) is 0 Å². The van der Waals surface area contributed by atoms with Gasteiger partial charge in [-0.1, -0.05) is 37.6 Å². The molecule has 0 saturated heterocycles. The molecule has 0 fully saturated rings. The molecule has 96 valence electrons. The molecule has 0 bridgehead atoms. The lowest BCUT2D eigenvalue weighted by Gasteiger charge is -2.45. The van der Waals surface area contributed by atoms with Gasteiger partial charge in [0.2, 0.25) is 0 Å². The third kappa shape index (κ3) is 3.10. The number of hydrogen-bond acceptors (Lipinski definition) is 1. The summed E-state index contributed by atoms with van der Waals surface area (Å²) in [6, 6.07) is 0. The highest BCUT2D eigenvalue weighted by Crippen LogP contribution is 2.48. The molecule has 1 aliphatic carbocycles. The molecule has 0 amide bonds. The van der Waals surface area contributed by atoms with E-state index in [-0.39, 0.29) is 5.41 Å². The van der Waals surface area contributed by atoms with E-state index >= 15 is 0 Å². The molecule has 0 radical (unpaired) electrons. The molecule has 0 saturated carbocycles. The highest BCUT2D eigenvalue weighted by Gasteiger charge is 2.39. The number of rotatable bonds is 5. The summed E-state index contributed by atoms with van der Waals surface area (Å²) in [5.74, 6) is 1.07.